The maximum Gasteiger partial charge on any atom is 0.0340 e. The van der Waals surface area contributed by atoms with Crippen LogP contribution < -0.4 is 5.32 Å². The van der Waals surface area contributed by atoms with Gasteiger partial charge in [-0.15, -0.1) is 0 Å². The Labute approximate surface area is 110 Å². The van der Waals surface area contributed by atoms with E-state index < -0.39 is 0 Å². The maximum atomic E-state index is 4.21. The van der Waals surface area contributed by atoms with Crippen LogP contribution in [0.2, 0.25) is 0 Å². The highest BCUT2D eigenvalue weighted by Crippen LogP contribution is 2.32. The van der Waals surface area contributed by atoms with Crippen molar-refractivity contribution in [3.8, 4) is 0 Å². The molecule has 0 bridgehead atoms. The second-order valence-corrected chi connectivity index (χ2v) is 5.41. The quantitative estimate of drug-likeness (QED) is 0.580. The molecule has 0 saturated heterocycles. The third-order valence-corrected chi connectivity index (χ3v) is 3.97. The Morgan fingerprint density at radius 3 is 2.41 bits per heavy atom. The molecule has 1 aromatic rings. The topological polar surface area (TPSA) is 12.0 Å². The van der Waals surface area contributed by atoms with Crippen molar-refractivity contribution in [3.63, 3.8) is 0 Å². The molecule has 0 atom stereocenters. The smallest absolute Gasteiger partial charge is 0.0340 e. The fourth-order valence-electron chi connectivity index (χ4n) is 2.62. The van der Waals surface area contributed by atoms with Crippen LogP contribution in [-0.4, -0.2) is 12.3 Å². The van der Waals surface area contributed by atoms with Crippen molar-refractivity contribution in [2.24, 2.45) is 0 Å². The summed E-state index contributed by atoms with van der Waals surface area (Å²) in [5, 5.41) is 3.43. The average molecular weight is 249 g/mol. The van der Waals surface area contributed by atoms with Gasteiger partial charge in [0.1, 0.15) is 0 Å². The van der Waals surface area contributed by atoms with Crippen molar-refractivity contribution in [1.29, 1.82) is 0 Å². The highest BCUT2D eigenvalue weighted by Gasteiger charge is 2.14. The van der Waals surface area contributed by atoms with Crippen LogP contribution in [0.15, 0.2) is 24.3 Å². The van der Waals surface area contributed by atoms with Gasteiger partial charge in [-0.2, -0.15) is 12.6 Å². The van der Waals surface area contributed by atoms with E-state index in [1.165, 1.54) is 43.4 Å². The van der Waals surface area contributed by atoms with Gasteiger partial charge in [-0.3, -0.25) is 0 Å². The van der Waals surface area contributed by atoms with Crippen LogP contribution in [-0.2, 0) is 0 Å². The summed E-state index contributed by atoms with van der Waals surface area (Å²) >= 11 is 4.21. The van der Waals surface area contributed by atoms with E-state index in [9.17, 15) is 0 Å². The second-order valence-electron chi connectivity index (χ2n) is 4.96. The molecule has 0 spiro atoms. The van der Waals surface area contributed by atoms with Gasteiger partial charge in [0.15, 0.2) is 0 Å². The Hall–Kier alpha value is -0.630. The number of hydrogen-bond donors (Lipinski definition) is 2. The Morgan fingerprint density at radius 1 is 1.06 bits per heavy atom. The van der Waals surface area contributed by atoms with E-state index in [1.54, 1.807) is 0 Å². The molecule has 1 fully saturated rings. The molecule has 1 saturated carbocycles. The lowest BCUT2D eigenvalue weighted by atomic mass is 9.84. The summed E-state index contributed by atoms with van der Waals surface area (Å²) in [7, 11) is 0. The number of nitrogens with one attached hydrogen (secondary N) is 1. The van der Waals surface area contributed by atoms with E-state index in [0.717, 1.165) is 24.6 Å². The first-order chi connectivity index (χ1) is 8.40. The minimum absolute atomic E-state index is 0.815. The van der Waals surface area contributed by atoms with Crippen LogP contribution >= 0.6 is 12.6 Å². The number of anilines is 1. The van der Waals surface area contributed by atoms with Gasteiger partial charge in [-0.25, -0.2) is 0 Å². The third kappa shape index (κ3) is 3.95. The Morgan fingerprint density at radius 2 is 1.76 bits per heavy atom. The predicted octanol–water partition coefficient (Wildman–Crippen LogP) is 4.47. The Bertz CT molecular complexity index is 314. The summed E-state index contributed by atoms with van der Waals surface area (Å²) in [4.78, 5) is 0. The van der Waals surface area contributed by atoms with Crippen LogP contribution in [0.4, 0.5) is 5.69 Å². The van der Waals surface area contributed by atoms with Crippen LogP contribution in [0.1, 0.15) is 50.0 Å². The molecule has 0 amide bonds. The normalized spacial score (nSPS) is 17.0. The van der Waals surface area contributed by atoms with Crippen molar-refractivity contribution >= 4 is 18.3 Å². The molecule has 17 heavy (non-hydrogen) atoms. The molecule has 94 valence electrons. The zero-order valence-electron chi connectivity index (χ0n) is 10.5. The Kier molecular flexibility index (Phi) is 5.24. The van der Waals surface area contributed by atoms with E-state index in [-0.39, 0.29) is 0 Å². The number of benzene rings is 1. The lowest BCUT2D eigenvalue weighted by Crippen LogP contribution is -2.05. The fourth-order valence-corrected chi connectivity index (χ4v) is 2.78. The molecule has 0 aliphatic heterocycles. The largest absolute Gasteiger partial charge is 0.385 e. The van der Waals surface area contributed by atoms with Crippen molar-refractivity contribution in [2.75, 3.05) is 17.6 Å². The summed E-state index contributed by atoms with van der Waals surface area (Å²) in [6.07, 6.45) is 8.13. The average Bonchev–Trinajstić information content (AvgIpc) is 2.41. The first kappa shape index (κ1) is 12.8. The molecule has 2 heteroatoms. The van der Waals surface area contributed by atoms with Crippen LogP contribution in [0.3, 0.4) is 0 Å². The molecule has 1 nitrogen and oxygen atoms in total. The van der Waals surface area contributed by atoms with E-state index in [2.05, 4.69) is 42.2 Å². The summed E-state index contributed by atoms with van der Waals surface area (Å²) in [6.45, 7) is 1.02. The first-order valence-electron chi connectivity index (χ1n) is 6.85. The minimum atomic E-state index is 0.815. The second kappa shape index (κ2) is 6.95. The molecule has 0 heterocycles. The number of rotatable bonds is 5. The van der Waals surface area contributed by atoms with Gasteiger partial charge in [0, 0.05) is 12.2 Å². The van der Waals surface area contributed by atoms with Crippen LogP contribution in [0.25, 0.3) is 0 Å². The molecule has 1 aliphatic rings. The highest BCUT2D eigenvalue weighted by atomic mass is 32.1. The van der Waals surface area contributed by atoms with E-state index in [4.69, 9.17) is 0 Å². The van der Waals surface area contributed by atoms with Crippen molar-refractivity contribution in [1.82, 2.24) is 0 Å². The minimum Gasteiger partial charge on any atom is -0.385 e. The number of thiol groups is 1. The van der Waals surface area contributed by atoms with Crippen LogP contribution in [0, 0.1) is 0 Å². The van der Waals surface area contributed by atoms with E-state index in [0.29, 0.717) is 0 Å². The van der Waals surface area contributed by atoms with Crippen molar-refractivity contribution in [3.05, 3.63) is 29.8 Å². The third-order valence-electron chi connectivity index (χ3n) is 3.65. The fraction of sp³-hybridized carbons (Fsp3) is 0.600. The molecule has 1 aliphatic carbocycles. The molecule has 1 aromatic carbocycles. The highest BCUT2D eigenvalue weighted by molar-refractivity contribution is 7.80. The van der Waals surface area contributed by atoms with Gasteiger partial charge >= 0.3 is 0 Å². The van der Waals surface area contributed by atoms with Crippen molar-refractivity contribution in [2.45, 2.75) is 44.4 Å². The zero-order valence-corrected chi connectivity index (χ0v) is 11.4. The summed E-state index contributed by atoms with van der Waals surface area (Å²) in [5.74, 6) is 1.77. The molecular formula is C15H23NS. The summed E-state index contributed by atoms with van der Waals surface area (Å²) < 4.78 is 0. The SMILES string of the molecule is SCCCNc1ccc(C2CCCCC2)cc1. The molecule has 2 rings (SSSR count). The lowest BCUT2D eigenvalue weighted by Gasteiger charge is -2.22. The lowest BCUT2D eigenvalue weighted by molar-refractivity contribution is 0.443. The maximum absolute atomic E-state index is 4.21. The van der Waals surface area contributed by atoms with Crippen LogP contribution in [0.5, 0.6) is 0 Å². The van der Waals surface area contributed by atoms with Gasteiger partial charge in [0.25, 0.3) is 0 Å². The molecule has 0 radical (unpaired) electrons. The summed E-state index contributed by atoms with van der Waals surface area (Å²) in [5.41, 5.74) is 2.77. The van der Waals surface area contributed by atoms with Gasteiger partial charge in [0.2, 0.25) is 0 Å². The zero-order chi connectivity index (χ0) is 11.9. The first-order valence-corrected chi connectivity index (χ1v) is 7.48. The summed E-state index contributed by atoms with van der Waals surface area (Å²) in [6, 6.07) is 9.06. The van der Waals surface area contributed by atoms with E-state index >= 15 is 0 Å². The molecule has 1 N–H and O–H groups in total. The molecule has 0 aromatic heterocycles. The van der Waals surface area contributed by atoms with Gasteiger partial charge in [0.05, 0.1) is 0 Å². The molecule has 0 unspecified atom stereocenters. The Balaban J connectivity index is 1.88. The monoisotopic (exact) mass is 249 g/mol. The van der Waals surface area contributed by atoms with Crippen molar-refractivity contribution < 1.29 is 0 Å². The molecular weight excluding hydrogens is 226 g/mol. The standard InChI is InChI=1S/C15H23NS/c17-12-4-11-16-15-9-7-14(8-10-15)13-5-2-1-3-6-13/h7-10,13,16-17H,1-6,11-12H2. The predicted molar refractivity (Wildman–Crippen MR) is 79.2 cm³/mol. The number of hydrogen-bond acceptors (Lipinski definition) is 2. The van der Waals surface area contributed by atoms with Gasteiger partial charge in [-0.1, -0.05) is 31.4 Å². The van der Waals surface area contributed by atoms with Gasteiger partial charge < -0.3 is 5.32 Å². The van der Waals surface area contributed by atoms with E-state index in [1.807, 2.05) is 0 Å². The van der Waals surface area contributed by atoms with Gasteiger partial charge in [-0.05, 0) is 48.6 Å².